The lowest BCUT2D eigenvalue weighted by Crippen LogP contribution is -2.22. The van der Waals surface area contributed by atoms with Gasteiger partial charge in [-0.05, 0) is 49.3 Å². The second-order valence-corrected chi connectivity index (χ2v) is 5.53. The van der Waals surface area contributed by atoms with Crippen molar-refractivity contribution in [2.45, 2.75) is 38.8 Å². The lowest BCUT2D eigenvalue weighted by molar-refractivity contribution is 0.368. The van der Waals surface area contributed by atoms with E-state index < -0.39 is 0 Å². The highest BCUT2D eigenvalue weighted by Crippen LogP contribution is 2.18. The average molecular weight is 303 g/mol. The summed E-state index contributed by atoms with van der Waals surface area (Å²) < 4.78 is 3.17. The Kier molecular flexibility index (Phi) is 6.16. The number of halogens is 1. The van der Waals surface area contributed by atoms with E-state index >= 15 is 0 Å². The van der Waals surface area contributed by atoms with Gasteiger partial charge in [-0.1, -0.05) is 6.92 Å². The lowest BCUT2D eigenvalue weighted by Gasteiger charge is -2.13. The van der Waals surface area contributed by atoms with E-state index in [0.29, 0.717) is 6.04 Å². The van der Waals surface area contributed by atoms with E-state index in [9.17, 15) is 0 Å². The second kappa shape index (κ2) is 7.13. The van der Waals surface area contributed by atoms with Crippen molar-refractivity contribution in [1.29, 1.82) is 0 Å². The highest BCUT2D eigenvalue weighted by atomic mass is 79.9. The van der Waals surface area contributed by atoms with E-state index in [1.54, 1.807) is 0 Å². The summed E-state index contributed by atoms with van der Waals surface area (Å²) in [6.07, 6.45) is 4.91. The highest BCUT2D eigenvalue weighted by Gasteiger charge is 2.10. The van der Waals surface area contributed by atoms with Gasteiger partial charge in [0.25, 0.3) is 0 Å². The summed E-state index contributed by atoms with van der Waals surface area (Å²) >= 11 is 3.56. The summed E-state index contributed by atoms with van der Waals surface area (Å²) in [4.78, 5) is 2.16. The van der Waals surface area contributed by atoms with Crippen LogP contribution in [0.4, 0.5) is 0 Å². The molecular weight excluding hydrogens is 280 g/mol. The molecule has 1 aromatic heterocycles. The maximum absolute atomic E-state index is 5.96. The highest BCUT2D eigenvalue weighted by molar-refractivity contribution is 9.10. The molecule has 4 nitrogen and oxygen atoms in total. The van der Waals surface area contributed by atoms with Gasteiger partial charge in [0.15, 0.2) is 0 Å². The number of rotatable bonds is 7. The molecule has 1 heterocycles. The van der Waals surface area contributed by atoms with Crippen LogP contribution in [0, 0.1) is 0 Å². The fraction of sp³-hybridized carbons (Fsp3) is 0.750. The molecule has 0 saturated heterocycles. The Morgan fingerprint density at radius 2 is 2.24 bits per heavy atom. The van der Waals surface area contributed by atoms with Crippen molar-refractivity contribution in [2.75, 3.05) is 20.6 Å². The van der Waals surface area contributed by atoms with Crippen molar-refractivity contribution in [3.63, 3.8) is 0 Å². The summed E-state index contributed by atoms with van der Waals surface area (Å²) in [6.45, 7) is 4.05. The van der Waals surface area contributed by atoms with Gasteiger partial charge in [0.05, 0.1) is 22.9 Å². The zero-order valence-corrected chi connectivity index (χ0v) is 12.6. The summed E-state index contributed by atoms with van der Waals surface area (Å²) in [6, 6.07) is 0.291. The van der Waals surface area contributed by atoms with E-state index in [4.69, 9.17) is 5.73 Å². The maximum Gasteiger partial charge on any atom is 0.0635 e. The van der Waals surface area contributed by atoms with Crippen molar-refractivity contribution in [3.8, 4) is 0 Å². The van der Waals surface area contributed by atoms with Crippen LogP contribution in [0.1, 0.15) is 25.5 Å². The van der Waals surface area contributed by atoms with Gasteiger partial charge in [-0.3, -0.25) is 4.68 Å². The summed E-state index contributed by atoms with van der Waals surface area (Å²) in [7, 11) is 4.15. The molecule has 0 aliphatic rings. The normalized spacial score (nSPS) is 13.3. The van der Waals surface area contributed by atoms with Gasteiger partial charge >= 0.3 is 0 Å². The van der Waals surface area contributed by atoms with Gasteiger partial charge in [-0.15, -0.1) is 0 Å². The molecule has 0 aliphatic heterocycles. The summed E-state index contributed by atoms with van der Waals surface area (Å²) in [5.74, 6) is 0. The zero-order chi connectivity index (χ0) is 12.8. The van der Waals surface area contributed by atoms with Crippen molar-refractivity contribution in [3.05, 3.63) is 16.4 Å². The molecule has 0 amide bonds. The molecule has 1 rings (SSSR count). The first-order chi connectivity index (χ1) is 8.04. The molecule has 0 saturated carbocycles. The number of aromatic nitrogens is 2. The number of likely N-dealkylation sites (N-methyl/N-ethyl adjacent to an activating group) is 1. The van der Waals surface area contributed by atoms with Crippen molar-refractivity contribution in [1.82, 2.24) is 14.7 Å². The molecule has 2 N–H and O–H groups in total. The van der Waals surface area contributed by atoms with Crippen LogP contribution >= 0.6 is 15.9 Å². The van der Waals surface area contributed by atoms with Gasteiger partial charge in [-0.2, -0.15) is 5.10 Å². The second-order valence-electron chi connectivity index (χ2n) is 4.67. The Labute approximate surface area is 112 Å². The molecule has 17 heavy (non-hydrogen) atoms. The third-order valence-corrected chi connectivity index (χ3v) is 3.60. The van der Waals surface area contributed by atoms with Crippen LogP contribution < -0.4 is 5.73 Å². The Hall–Kier alpha value is -0.390. The minimum absolute atomic E-state index is 0.291. The van der Waals surface area contributed by atoms with Crippen LogP contribution in [-0.2, 0) is 13.0 Å². The van der Waals surface area contributed by atoms with Crippen LogP contribution in [0.3, 0.4) is 0 Å². The quantitative estimate of drug-likeness (QED) is 0.836. The van der Waals surface area contributed by atoms with Gasteiger partial charge in [0.2, 0.25) is 0 Å². The molecule has 0 spiro atoms. The Bertz CT molecular complexity index is 335. The topological polar surface area (TPSA) is 47.1 Å². The van der Waals surface area contributed by atoms with Gasteiger partial charge < -0.3 is 10.6 Å². The smallest absolute Gasteiger partial charge is 0.0635 e. The number of nitrogens with two attached hydrogens (primary N) is 1. The van der Waals surface area contributed by atoms with E-state index in [0.717, 1.165) is 36.8 Å². The molecule has 98 valence electrons. The summed E-state index contributed by atoms with van der Waals surface area (Å²) in [5, 5.41) is 4.39. The first-order valence-corrected chi connectivity index (χ1v) is 6.94. The molecule has 0 fully saturated rings. The van der Waals surface area contributed by atoms with Crippen molar-refractivity contribution < 1.29 is 0 Å². The third kappa shape index (κ3) is 4.77. The van der Waals surface area contributed by atoms with Crippen molar-refractivity contribution >= 4 is 15.9 Å². The zero-order valence-electron chi connectivity index (χ0n) is 11.0. The number of hydrogen-bond acceptors (Lipinski definition) is 3. The predicted molar refractivity (Wildman–Crippen MR) is 75.1 cm³/mol. The third-order valence-electron chi connectivity index (χ3n) is 2.93. The Morgan fingerprint density at radius 3 is 2.82 bits per heavy atom. The molecular formula is C12H23BrN4. The van der Waals surface area contributed by atoms with Crippen LogP contribution in [-0.4, -0.2) is 41.4 Å². The van der Waals surface area contributed by atoms with Crippen LogP contribution in [0.25, 0.3) is 0 Å². The molecule has 1 atom stereocenters. The first-order valence-electron chi connectivity index (χ1n) is 6.15. The van der Waals surface area contributed by atoms with Gasteiger partial charge in [0, 0.05) is 12.6 Å². The lowest BCUT2D eigenvalue weighted by atomic mass is 10.1. The molecule has 1 unspecified atom stereocenters. The predicted octanol–water partition coefficient (Wildman–Crippen LogP) is 1.88. The minimum Gasteiger partial charge on any atom is -0.328 e. The molecule has 0 radical (unpaired) electrons. The first kappa shape index (κ1) is 14.7. The van der Waals surface area contributed by atoms with Crippen molar-refractivity contribution in [2.24, 2.45) is 5.73 Å². The van der Waals surface area contributed by atoms with E-state index in [2.05, 4.69) is 51.6 Å². The Morgan fingerprint density at radius 1 is 1.53 bits per heavy atom. The van der Waals surface area contributed by atoms with E-state index in [1.165, 1.54) is 5.69 Å². The fourth-order valence-corrected chi connectivity index (χ4v) is 2.14. The monoisotopic (exact) mass is 302 g/mol. The SMILES string of the molecule is CCC(N)CCc1c(Br)cnn1CCN(C)C. The molecule has 1 aromatic rings. The summed E-state index contributed by atoms with van der Waals surface area (Å²) in [5.41, 5.74) is 7.22. The number of hydrogen-bond donors (Lipinski definition) is 1. The fourth-order valence-electron chi connectivity index (χ4n) is 1.65. The van der Waals surface area contributed by atoms with Gasteiger partial charge in [0.1, 0.15) is 0 Å². The minimum atomic E-state index is 0.291. The van der Waals surface area contributed by atoms with Gasteiger partial charge in [-0.25, -0.2) is 0 Å². The molecule has 0 bridgehead atoms. The van der Waals surface area contributed by atoms with E-state index in [-0.39, 0.29) is 0 Å². The molecule has 0 aromatic carbocycles. The Balaban J connectivity index is 2.59. The van der Waals surface area contributed by atoms with Crippen LogP contribution in [0.5, 0.6) is 0 Å². The standard InChI is InChI=1S/C12H23BrN4/c1-4-10(14)5-6-12-11(13)9-15-17(12)8-7-16(2)3/h9-10H,4-8,14H2,1-3H3. The van der Waals surface area contributed by atoms with E-state index in [1.807, 2.05) is 6.20 Å². The van der Waals surface area contributed by atoms with Crippen LogP contribution in [0.15, 0.2) is 10.7 Å². The maximum atomic E-state index is 5.96. The molecule has 0 aliphatic carbocycles. The molecule has 5 heteroatoms. The largest absolute Gasteiger partial charge is 0.328 e. The van der Waals surface area contributed by atoms with Crippen LogP contribution in [0.2, 0.25) is 0 Å². The number of nitrogens with zero attached hydrogens (tertiary/aromatic N) is 3. The average Bonchev–Trinajstić information content (AvgIpc) is 2.64.